The van der Waals surface area contributed by atoms with Crippen molar-refractivity contribution in [3.05, 3.63) is 35.4 Å². The predicted molar refractivity (Wildman–Crippen MR) is 90.7 cm³/mol. The highest BCUT2D eigenvalue weighted by atomic mass is 14.9. The normalized spacial score (nSPS) is 28.5. The Morgan fingerprint density at radius 2 is 2.05 bits per heavy atom. The second kappa shape index (κ2) is 6.12. The average Bonchev–Trinajstić information content (AvgIpc) is 2.43. The third kappa shape index (κ3) is 3.04. The molecule has 21 heavy (non-hydrogen) atoms. The molecule has 0 amide bonds. The Labute approximate surface area is 130 Å². The van der Waals surface area contributed by atoms with Gasteiger partial charge in [-0.25, -0.2) is 0 Å². The lowest BCUT2D eigenvalue weighted by Gasteiger charge is -2.45. The lowest BCUT2D eigenvalue weighted by atomic mass is 9.63. The van der Waals surface area contributed by atoms with Gasteiger partial charge in [0.15, 0.2) is 0 Å². The third-order valence-corrected chi connectivity index (χ3v) is 6.04. The highest BCUT2D eigenvalue weighted by Crippen LogP contribution is 2.46. The molecule has 2 aliphatic rings. The van der Waals surface area contributed by atoms with Crippen LogP contribution in [0.25, 0.3) is 0 Å². The standard InChI is InChI=1S/C20H31N/c1-4-21-19(18-11-7-8-12-20(18,2)3)14-16-13-15-9-5-6-10-17(15)16/h5-6,9-10,16,18-19,21H,4,7-8,11-14H2,1-3H3. The van der Waals surface area contributed by atoms with E-state index in [2.05, 4.69) is 50.4 Å². The Morgan fingerprint density at radius 3 is 2.76 bits per heavy atom. The molecule has 1 aromatic carbocycles. The Balaban J connectivity index is 1.71. The molecule has 116 valence electrons. The fourth-order valence-corrected chi connectivity index (χ4v) is 4.80. The van der Waals surface area contributed by atoms with Gasteiger partial charge in [-0.15, -0.1) is 0 Å². The van der Waals surface area contributed by atoms with Crippen molar-refractivity contribution in [3.8, 4) is 0 Å². The van der Waals surface area contributed by atoms with Crippen molar-refractivity contribution in [1.82, 2.24) is 5.32 Å². The average molecular weight is 285 g/mol. The zero-order valence-corrected chi connectivity index (χ0v) is 14.0. The van der Waals surface area contributed by atoms with Crippen LogP contribution in [0.5, 0.6) is 0 Å². The summed E-state index contributed by atoms with van der Waals surface area (Å²) in [5, 5.41) is 3.84. The van der Waals surface area contributed by atoms with Crippen LogP contribution < -0.4 is 5.32 Å². The summed E-state index contributed by atoms with van der Waals surface area (Å²) in [5.74, 6) is 1.64. The molecule has 0 heterocycles. The van der Waals surface area contributed by atoms with Crippen LogP contribution in [0.1, 0.15) is 69.9 Å². The summed E-state index contributed by atoms with van der Waals surface area (Å²) in [6, 6.07) is 9.74. The van der Waals surface area contributed by atoms with E-state index in [1.807, 2.05) is 0 Å². The van der Waals surface area contributed by atoms with Crippen molar-refractivity contribution >= 4 is 0 Å². The van der Waals surface area contributed by atoms with E-state index in [4.69, 9.17) is 0 Å². The quantitative estimate of drug-likeness (QED) is 0.810. The smallest absolute Gasteiger partial charge is 0.0106 e. The lowest BCUT2D eigenvalue weighted by Crippen LogP contribution is -2.46. The van der Waals surface area contributed by atoms with E-state index in [1.165, 1.54) is 38.5 Å². The second-order valence-corrected chi connectivity index (χ2v) is 7.84. The highest BCUT2D eigenvalue weighted by molar-refractivity contribution is 5.40. The van der Waals surface area contributed by atoms with E-state index >= 15 is 0 Å². The van der Waals surface area contributed by atoms with Crippen molar-refractivity contribution in [1.29, 1.82) is 0 Å². The molecule has 0 bridgehead atoms. The van der Waals surface area contributed by atoms with Crippen LogP contribution in [-0.2, 0) is 6.42 Å². The SMILES string of the molecule is CCNC(CC1Cc2ccccc21)C1CCCCC1(C)C. The van der Waals surface area contributed by atoms with Crippen LogP contribution in [0.2, 0.25) is 0 Å². The van der Waals surface area contributed by atoms with Crippen LogP contribution in [-0.4, -0.2) is 12.6 Å². The van der Waals surface area contributed by atoms with Crippen molar-refractivity contribution in [2.24, 2.45) is 11.3 Å². The fraction of sp³-hybridized carbons (Fsp3) is 0.700. The third-order valence-electron chi connectivity index (χ3n) is 6.04. The zero-order chi connectivity index (χ0) is 14.9. The maximum Gasteiger partial charge on any atom is 0.0106 e. The minimum Gasteiger partial charge on any atom is -0.314 e. The molecule has 1 fully saturated rings. The van der Waals surface area contributed by atoms with Crippen LogP contribution in [0.3, 0.4) is 0 Å². The number of nitrogens with one attached hydrogen (secondary N) is 1. The summed E-state index contributed by atoms with van der Waals surface area (Å²) in [7, 11) is 0. The number of hydrogen-bond donors (Lipinski definition) is 1. The first-order valence-electron chi connectivity index (χ1n) is 8.93. The first-order valence-corrected chi connectivity index (χ1v) is 8.93. The molecule has 0 aliphatic heterocycles. The van der Waals surface area contributed by atoms with E-state index in [1.54, 1.807) is 11.1 Å². The van der Waals surface area contributed by atoms with Gasteiger partial charge in [0.05, 0.1) is 0 Å². The topological polar surface area (TPSA) is 12.0 Å². The van der Waals surface area contributed by atoms with Gasteiger partial charge < -0.3 is 5.32 Å². The molecule has 2 aliphatic carbocycles. The summed E-state index contributed by atoms with van der Waals surface area (Å²) < 4.78 is 0. The molecule has 1 aromatic rings. The van der Waals surface area contributed by atoms with Gasteiger partial charge in [-0.05, 0) is 60.6 Å². The number of fused-ring (bicyclic) bond motifs is 1. The maximum atomic E-state index is 3.84. The van der Waals surface area contributed by atoms with Crippen LogP contribution in [0.4, 0.5) is 0 Å². The Hall–Kier alpha value is -0.820. The van der Waals surface area contributed by atoms with Crippen molar-refractivity contribution in [2.45, 2.75) is 71.3 Å². The molecule has 3 unspecified atom stereocenters. The van der Waals surface area contributed by atoms with Crippen LogP contribution in [0.15, 0.2) is 24.3 Å². The monoisotopic (exact) mass is 285 g/mol. The van der Waals surface area contributed by atoms with Crippen molar-refractivity contribution in [2.75, 3.05) is 6.54 Å². The van der Waals surface area contributed by atoms with E-state index in [0.717, 1.165) is 18.4 Å². The molecule has 1 nitrogen and oxygen atoms in total. The highest BCUT2D eigenvalue weighted by Gasteiger charge is 2.39. The van der Waals surface area contributed by atoms with Gasteiger partial charge in [-0.2, -0.15) is 0 Å². The van der Waals surface area contributed by atoms with Crippen molar-refractivity contribution < 1.29 is 0 Å². The number of hydrogen-bond acceptors (Lipinski definition) is 1. The van der Waals surface area contributed by atoms with Gasteiger partial charge in [0, 0.05) is 6.04 Å². The Bertz CT molecular complexity index is 476. The molecule has 1 N–H and O–H groups in total. The fourth-order valence-electron chi connectivity index (χ4n) is 4.80. The number of benzene rings is 1. The lowest BCUT2D eigenvalue weighted by molar-refractivity contribution is 0.0912. The minimum atomic E-state index is 0.508. The van der Waals surface area contributed by atoms with E-state index < -0.39 is 0 Å². The molecular formula is C20H31N. The predicted octanol–water partition coefficient (Wildman–Crippen LogP) is 4.91. The van der Waals surface area contributed by atoms with Gasteiger partial charge in [-0.1, -0.05) is 57.9 Å². The van der Waals surface area contributed by atoms with Gasteiger partial charge in [-0.3, -0.25) is 0 Å². The van der Waals surface area contributed by atoms with Gasteiger partial charge in [0.1, 0.15) is 0 Å². The molecule has 0 spiro atoms. The summed E-state index contributed by atoms with van der Waals surface area (Å²) in [6.07, 6.45) is 8.30. The molecule has 0 saturated heterocycles. The molecule has 0 radical (unpaired) electrons. The first-order chi connectivity index (χ1) is 10.1. The van der Waals surface area contributed by atoms with Gasteiger partial charge >= 0.3 is 0 Å². The largest absolute Gasteiger partial charge is 0.314 e. The molecular weight excluding hydrogens is 254 g/mol. The van der Waals surface area contributed by atoms with E-state index in [0.29, 0.717) is 11.5 Å². The van der Waals surface area contributed by atoms with E-state index in [-0.39, 0.29) is 0 Å². The Kier molecular flexibility index (Phi) is 4.40. The molecule has 1 heteroatoms. The molecule has 3 atom stereocenters. The second-order valence-electron chi connectivity index (χ2n) is 7.84. The minimum absolute atomic E-state index is 0.508. The summed E-state index contributed by atoms with van der Waals surface area (Å²) in [6.45, 7) is 8.36. The van der Waals surface area contributed by atoms with Crippen LogP contribution in [0, 0.1) is 11.3 Å². The Morgan fingerprint density at radius 1 is 1.24 bits per heavy atom. The number of rotatable bonds is 5. The molecule has 3 rings (SSSR count). The molecule has 1 saturated carbocycles. The van der Waals surface area contributed by atoms with E-state index in [9.17, 15) is 0 Å². The maximum absolute atomic E-state index is 3.84. The van der Waals surface area contributed by atoms with Crippen LogP contribution >= 0.6 is 0 Å². The van der Waals surface area contributed by atoms with Gasteiger partial charge in [0.25, 0.3) is 0 Å². The molecule has 0 aromatic heterocycles. The van der Waals surface area contributed by atoms with Crippen molar-refractivity contribution in [3.63, 3.8) is 0 Å². The summed E-state index contributed by atoms with van der Waals surface area (Å²) in [4.78, 5) is 0. The first kappa shape index (κ1) is 15.1. The zero-order valence-electron chi connectivity index (χ0n) is 14.0. The summed E-state index contributed by atoms with van der Waals surface area (Å²) in [5.41, 5.74) is 3.71. The van der Waals surface area contributed by atoms with Gasteiger partial charge in [0.2, 0.25) is 0 Å². The summed E-state index contributed by atoms with van der Waals surface area (Å²) >= 11 is 0.